The smallest absolute Gasteiger partial charge is 0.231 e. The van der Waals surface area contributed by atoms with Gasteiger partial charge in [-0.25, -0.2) is 0 Å². The fraction of sp³-hybridized carbons (Fsp3) is 0.125. The molecule has 0 spiro atoms. The van der Waals surface area contributed by atoms with Crippen molar-refractivity contribution < 1.29 is 9.59 Å². The molecule has 3 nitrogen and oxygen atoms in total. The SMILES string of the molecule is CN1C(=O)Cc2cc(C(=O)c3cccc(Br)c3)ccc21. The maximum absolute atomic E-state index is 12.4. The molecule has 100 valence electrons. The molecule has 0 saturated carbocycles. The van der Waals surface area contributed by atoms with Crippen LogP contribution in [-0.4, -0.2) is 18.7 Å². The third kappa shape index (κ3) is 2.16. The van der Waals surface area contributed by atoms with Gasteiger partial charge < -0.3 is 4.90 Å². The van der Waals surface area contributed by atoms with Gasteiger partial charge >= 0.3 is 0 Å². The molecular weight excluding hydrogens is 318 g/mol. The molecule has 1 aliphatic rings. The van der Waals surface area contributed by atoms with E-state index in [0.717, 1.165) is 15.7 Å². The standard InChI is InChI=1S/C16H12BrNO2/c1-18-14-6-5-11(7-12(14)9-15(18)19)16(20)10-3-2-4-13(17)8-10/h2-8H,9H2,1H3. The van der Waals surface area contributed by atoms with Gasteiger partial charge in [-0.05, 0) is 35.9 Å². The zero-order valence-electron chi connectivity index (χ0n) is 10.9. The van der Waals surface area contributed by atoms with Gasteiger partial charge in [0.1, 0.15) is 0 Å². The minimum absolute atomic E-state index is 0.0314. The summed E-state index contributed by atoms with van der Waals surface area (Å²) in [6.45, 7) is 0. The highest BCUT2D eigenvalue weighted by Crippen LogP contribution is 2.29. The predicted molar refractivity (Wildman–Crippen MR) is 81.1 cm³/mol. The average molecular weight is 330 g/mol. The number of hydrogen-bond acceptors (Lipinski definition) is 2. The van der Waals surface area contributed by atoms with Gasteiger partial charge in [0.05, 0.1) is 6.42 Å². The molecule has 1 aliphatic heterocycles. The predicted octanol–water partition coefficient (Wildman–Crippen LogP) is 3.20. The highest BCUT2D eigenvalue weighted by atomic mass is 79.9. The summed E-state index contributed by atoms with van der Waals surface area (Å²) in [7, 11) is 1.75. The summed E-state index contributed by atoms with van der Waals surface area (Å²) in [5, 5.41) is 0. The van der Waals surface area contributed by atoms with Gasteiger partial charge in [-0.2, -0.15) is 0 Å². The molecule has 0 atom stereocenters. The Morgan fingerprint density at radius 1 is 1.15 bits per heavy atom. The molecule has 20 heavy (non-hydrogen) atoms. The third-order valence-corrected chi connectivity index (χ3v) is 4.00. The minimum Gasteiger partial charge on any atom is -0.315 e. The van der Waals surface area contributed by atoms with E-state index in [2.05, 4.69) is 15.9 Å². The van der Waals surface area contributed by atoms with E-state index in [1.165, 1.54) is 0 Å². The molecule has 0 saturated heterocycles. The van der Waals surface area contributed by atoms with Gasteiger partial charge in [0.15, 0.2) is 5.78 Å². The van der Waals surface area contributed by atoms with Crippen LogP contribution in [0, 0.1) is 0 Å². The number of ketones is 1. The Morgan fingerprint density at radius 2 is 1.90 bits per heavy atom. The van der Waals surface area contributed by atoms with Crippen molar-refractivity contribution in [3.8, 4) is 0 Å². The number of amides is 1. The summed E-state index contributed by atoms with van der Waals surface area (Å²) >= 11 is 3.36. The summed E-state index contributed by atoms with van der Waals surface area (Å²) in [5.41, 5.74) is 3.06. The van der Waals surface area contributed by atoms with Crippen LogP contribution in [0.5, 0.6) is 0 Å². The molecule has 0 radical (unpaired) electrons. The van der Waals surface area contributed by atoms with Crippen molar-refractivity contribution in [3.05, 3.63) is 63.6 Å². The average Bonchev–Trinajstić information content (AvgIpc) is 2.73. The molecule has 2 aromatic rings. The fourth-order valence-corrected chi connectivity index (χ4v) is 2.81. The zero-order valence-corrected chi connectivity index (χ0v) is 12.5. The second kappa shape index (κ2) is 4.87. The van der Waals surface area contributed by atoms with Crippen LogP contribution >= 0.6 is 15.9 Å². The van der Waals surface area contributed by atoms with E-state index in [1.54, 1.807) is 30.1 Å². The van der Waals surface area contributed by atoms with Crippen molar-refractivity contribution in [2.75, 3.05) is 11.9 Å². The topological polar surface area (TPSA) is 37.4 Å². The summed E-state index contributed by atoms with van der Waals surface area (Å²) in [6, 6.07) is 12.7. The molecule has 0 aliphatic carbocycles. The van der Waals surface area contributed by atoms with Crippen LogP contribution in [0.4, 0.5) is 5.69 Å². The van der Waals surface area contributed by atoms with Crippen molar-refractivity contribution in [2.45, 2.75) is 6.42 Å². The highest BCUT2D eigenvalue weighted by molar-refractivity contribution is 9.10. The lowest BCUT2D eigenvalue weighted by Crippen LogP contribution is -2.20. The Morgan fingerprint density at radius 3 is 2.65 bits per heavy atom. The van der Waals surface area contributed by atoms with E-state index in [1.807, 2.05) is 24.3 Å². The number of carbonyl (C=O) groups is 2. The van der Waals surface area contributed by atoms with Crippen LogP contribution < -0.4 is 4.90 Å². The molecular formula is C16H12BrNO2. The number of nitrogens with zero attached hydrogens (tertiary/aromatic N) is 1. The molecule has 0 bridgehead atoms. The molecule has 0 fully saturated rings. The van der Waals surface area contributed by atoms with Crippen molar-refractivity contribution >= 4 is 33.3 Å². The molecule has 2 aromatic carbocycles. The normalized spacial score (nSPS) is 13.5. The van der Waals surface area contributed by atoms with Crippen LogP contribution in [0.25, 0.3) is 0 Å². The van der Waals surface area contributed by atoms with Crippen LogP contribution in [0.2, 0.25) is 0 Å². The van der Waals surface area contributed by atoms with E-state index in [-0.39, 0.29) is 11.7 Å². The van der Waals surface area contributed by atoms with Crippen molar-refractivity contribution in [2.24, 2.45) is 0 Å². The van der Waals surface area contributed by atoms with Crippen LogP contribution in [-0.2, 0) is 11.2 Å². The van der Waals surface area contributed by atoms with Crippen molar-refractivity contribution in [1.82, 2.24) is 0 Å². The second-order valence-corrected chi connectivity index (χ2v) is 5.73. The number of fused-ring (bicyclic) bond motifs is 1. The van der Waals surface area contributed by atoms with Gasteiger partial charge in [-0.15, -0.1) is 0 Å². The number of likely N-dealkylation sites (N-methyl/N-ethyl adjacent to an activating group) is 1. The maximum atomic E-state index is 12.4. The molecule has 0 N–H and O–H groups in total. The first-order valence-electron chi connectivity index (χ1n) is 6.26. The van der Waals surface area contributed by atoms with E-state index in [4.69, 9.17) is 0 Å². The van der Waals surface area contributed by atoms with Gasteiger partial charge in [-0.1, -0.05) is 28.1 Å². The first-order chi connectivity index (χ1) is 9.56. The summed E-state index contributed by atoms with van der Waals surface area (Å²) in [6.07, 6.45) is 0.367. The second-order valence-electron chi connectivity index (χ2n) is 4.81. The van der Waals surface area contributed by atoms with Gasteiger partial charge in [0, 0.05) is 28.3 Å². The monoisotopic (exact) mass is 329 g/mol. The lowest BCUT2D eigenvalue weighted by atomic mass is 10.0. The number of carbonyl (C=O) groups excluding carboxylic acids is 2. The van der Waals surface area contributed by atoms with E-state index in [9.17, 15) is 9.59 Å². The summed E-state index contributed by atoms with van der Waals surface area (Å²) in [5.74, 6) is 0.0307. The van der Waals surface area contributed by atoms with Gasteiger partial charge in [0.25, 0.3) is 0 Å². The molecule has 0 unspecified atom stereocenters. The largest absolute Gasteiger partial charge is 0.315 e. The first kappa shape index (κ1) is 13.1. The lowest BCUT2D eigenvalue weighted by Gasteiger charge is -2.10. The lowest BCUT2D eigenvalue weighted by molar-refractivity contribution is -0.117. The van der Waals surface area contributed by atoms with Crippen molar-refractivity contribution in [1.29, 1.82) is 0 Å². The van der Waals surface area contributed by atoms with E-state index in [0.29, 0.717) is 17.5 Å². The Labute approximate surface area is 125 Å². The number of anilines is 1. The molecule has 1 amide bonds. The number of rotatable bonds is 2. The van der Waals surface area contributed by atoms with Crippen LogP contribution in [0.1, 0.15) is 21.5 Å². The van der Waals surface area contributed by atoms with Crippen LogP contribution in [0.15, 0.2) is 46.9 Å². The van der Waals surface area contributed by atoms with E-state index >= 15 is 0 Å². The quantitative estimate of drug-likeness (QED) is 0.793. The molecule has 4 heteroatoms. The maximum Gasteiger partial charge on any atom is 0.231 e. The Bertz CT molecular complexity index is 724. The Balaban J connectivity index is 1.99. The summed E-state index contributed by atoms with van der Waals surface area (Å²) in [4.78, 5) is 25.7. The fourth-order valence-electron chi connectivity index (χ4n) is 2.41. The van der Waals surface area contributed by atoms with Gasteiger partial charge in [-0.3, -0.25) is 9.59 Å². The number of benzene rings is 2. The van der Waals surface area contributed by atoms with Crippen molar-refractivity contribution in [3.63, 3.8) is 0 Å². The number of hydrogen-bond donors (Lipinski definition) is 0. The summed E-state index contributed by atoms with van der Waals surface area (Å²) < 4.78 is 0.874. The molecule has 3 rings (SSSR count). The molecule has 0 aromatic heterocycles. The Kier molecular flexibility index (Phi) is 3.18. The van der Waals surface area contributed by atoms with Gasteiger partial charge in [0.2, 0.25) is 5.91 Å². The Hall–Kier alpha value is -1.94. The minimum atomic E-state index is -0.0314. The van der Waals surface area contributed by atoms with Crippen LogP contribution in [0.3, 0.4) is 0 Å². The zero-order chi connectivity index (χ0) is 14.3. The highest BCUT2D eigenvalue weighted by Gasteiger charge is 2.24. The van der Waals surface area contributed by atoms with E-state index < -0.39 is 0 Å². The first-order valence-corrected chi connectivity index (χ1v) is 7.05. The third-order valence-electron chi connectivity index (χ3n) is 3.51. The number of halogens is 1. The molecule has 1 heterocycles.